The van der Waals surface area contributed by atoms with Crippen LogP contribution in [0, 0.1) is 13.8 Å². The Morgan fingerprint density at radius 2 is 1.96 bits per heavy atom. The van der Waals surface area contributed by atoms with Gasteiger partial charge in [-0.05, 0) is 43.7 Å². The molecule has 2 aromatic carbocycles. The lowest BCUT2D eigenvalue weighted by Gasteiger charge is -2.07. The van der Waals surface area contributed by atoms with Gasteiger partial charge >= 0.3 is 0 Å². The minimum absolute atomic E-state index is 0.0828. The largest absolute Gasteiger partial charge is 0.325 e. The lowest BCUT2D eigenvalue weighted by atomic mass is 10.2. The van der Waals surface area contributed by atoms with Crippen LogP contribution >= 0.6 is 11.8 Å². The smallest absolute Gasteiger partial charge is 0.234 e. The first-order valence-electron chi connectivity index (χ1n) is 8.21. The molecule has 0 aliphatic carbocycles. The number of fused-ring (bicyclic) bond motifs is 3. The third-order valence-corrected chi connectivity index (χ3v) is 4.82. The molecule has 2 aromatic heterocycles. The van der Waals surface area contributed by atoms with Crippen molar-refractivity contribution in [1.82, 2.24) is 19.6 Å². The van der Waals surface area contributed by atoms with Crippen LogP contribution in [0.3, 0.4) is 0 Å². The molecule has 0 aliphatic heterocycles. The predicted octanol–water partition coefficient (Wildman–Crippen LogP) is 3.63. The molecular formula is C19H17N5OS. The highest BCUT2D eigenvalue weighted by molar-refractivity contribution is 7.99. The number of para-hydroxylation sites is 1. The second kappa shape index (κ2) is 6.76. The second-order valence-electron chi connectivity index (χ2n) is 6.01. The fraction of sp³-hybridized carbons (Fsp3) is 0.158. The van der Waals surface area contributed by atoms with Crippen molar-refractivity contribution in [3.63, 3.8) is 0 Å². The summed E-state index contributed by atoms with van der Waals surface area (Å²) in [6.07, 6.45) is 0. The van der Waals surface area contributed by atoms with Gasteiger partial charge in [-0.25, -0.2) is 9.97 Å². The summed E-state index contributed by atoms with van der Waals surface area (Å²) in [7, 11) is 0. The number of carbonyl (C=O) groups excluding carboxylic acids is 1. The van der Waals surface area contributed by atoms with Crippen molar-refractivity contribution in [2.24, 2.45) is 0 Å². The van der Waals surface area contributed by atoms with Gasteiger partial charge in [-0.15, -0.1) is 5.10 Å². The monoisotopic (exact) mass is 363 g/mol. The summed E-state index contributed by atoms with van der Waals surface area (Å²) in [6.45, 7) is 3.84. The first-order valence-corrected chi connectivity index (χ1v) is 9.20. The summed E-state index contributed by atoms with van der Waals surface area (Å²) in [4.78, 5) is 21.5. The summed E-state index contributed by atoms with van der Waals surface area (Å²) in [5.74, 6) is 0.836. The Labute approximate surface area is 154 Å². The van der Waals surface area contributed by atoms with E-state index in [9.17, 15) is 4.79 Å². The number of hydrogen-bond acceptors (Lipinski definition) is 5. The molecule has 1 N–H and O–H groups in total. The Balaban J connectivity index is 1.59. The van der Waals surface area contributed by atoms with Crippen LogP contribution in [0.4, 0.5) is 5.69 Å². The summed E-state index contributed by atoms with van der Waals surface area (Å²) >= 11 is 1.35. The zero-order valence-electron chi connectivity index (χ0n) is 14.4. The van der Waals surface area contributed by atoms with E-state index >= 15 is 0 Å². The van der Waals surface area contributed by atoms with Crippen molar-refractivity contribution in [1.29, 1.82) is 0 Å². The van der Waals surface area contributed by atoms with Gasteiger partial charge in [0.1, 0.15) is 5.82 Å². The number of nitrogens with zero attached hydrogens (tertiary/aromatic N) is 4. The van der Waals surface area contributed by atoms with E-state index < -0.39 is 0 Å². The number of nitrogens with one attached hydrogen (secondary N) is 1. The number of aromatic nitrogens is 4. The van der Waals surface area contributed by atoms with Crippen molar-refractivity contribution in [2.45, 2.75) is 19.0 Å². The molecule has 2 heterocycles. The van der Waals surface area contributed by atoms with Gasteiger partial charge in [-0.1, -0.05) is 36.0 Å². The molecule has 0 aliphatic rings. The molecule has 1 amide bonds. The molecule has 0 radical (unpaired) electrons. The van der Waals surface area contributed by atoms with Gasteiger partial charge in [0.25, 0.3) is 0 Å². The fourth-order valence-corrected chi connectivity index (χ4v) is 3.52. The van der Waals surface area contributed by atoms with E-state index in [1.165, 1.54) is 11.8 Å². The molecule has 4 rings (SSSR count). The fourth-order valence-electron chi connectivity index (χ4n) is 2.78. The zero-order chi connectivity index (χ0) is 18.1. The molecule has 6 nitrogen and oxygen atoms in total. The Morgan fingerprint density at radius 3 is 2.81 bits per heavy atom. The van der Waals surface area contributed by atoms with E-state index in [2.05, 4.69) is 20.4 Å². The van der Waals surface area contributed by atoms with Gasteiger partial charge in [0.2, 0.25) is 5.91 Å². The maximum Gasteiger partial charge on any atom is 0.234 e. The summed E-state index contributed by atoms with van der Waals surface area (Å²) in [5, 5.41) is 8.94. The molecule has 0 saturated carbocycles. The minimum atomic E-state index is -0.0828. The molecule has 7 heteroatoms. The van der Waals surface area contributed by atoms with E-state index in [-0.39, 0.29) is 11.7 Å². The van der Waals surface area contributed by atoms with Crippen LogP contribution in [0.2, 0.25) is 0 Å². The highest BCUT2D eigenvalue weighted by Crippen LogP contribution is 2.24. The van der Waals surface area contributed by atoms with E-state index in [1.807, 2.05) is 62.4 Å². The van der Waals surface area contributed by atoms with Gasteiger partial charge < -0.3 is 5.32 Å². The molecule has 0 spiro atoms. The lowest BCUT2D eigenvalue weighted by molar-refractivity contribution is -0.113. The first-order chi connectivity index (χ1) is 12.6. The first kappa shape index (κ1) is 16.5. The van der Waals surface area contributed by atoms with Crippen LogP contribution in [0.25, 0.3) is 16.6 Å². The number of amides is 1. The predicted molar refractivity (Wildman–Crippen MR) is 104 cm³/mol. The standard InChI is InChI=1S/C19H17N5OS/c1-12-6-5-7-14(10-12)21-17(25)11-26-19-22-16-9-4-3-8-15(16)18-20-13(2)23-24(18)19/h3-10H,11H2,1-2H3,(H,21,25). The molecular weight excluding hydrogens is 346 g/mol. The zero-order valence-corrected chi connectivity index (χ0v) is 15.2. The van der Waals surface area contributed by atoms with Crippen LogP contribution in [0.15, 0.2) is 53.7 Å². The molecule has 0 fully saturated rings. The van der Waals surface area contributed by atoms with E-state index in [0.29, 0.717) is 11.0 Å². The Bertz CT molecular complexity index is 1120. The normalized spacial score (nSPS) is 11.2. The van der Waals surface area contributed by atoms with Gasteiger partial charge in [-0.3, -0.25) is 4.79 Å². The number of rotatable bonds is 4. The maximum atomic E-state index is 12.3. The van der Waals surface area contributed by atoms with Crippen LogP contribution in [0.1, 0.15) is 11.4 Å². The molecule has 0 atom stereocenters. The summed E-state index contributed by atoms with van der Waals surface area (Å²) in [5.41, 5.74) is 3.50. The second-order valence-corrected chi connectivity index (χ2v) is 6.95. The van der Waals surface area contributed by atoms with Crippen molar-refractivity contribution >= 4 is 39.9 Å². The molecule has 0 saturated heterocycles. The Hall–Kier alpha value is -2.93. The van der Waals surface area contributed by atoms with Gasteiger partial charge in [0.15, 0.2) is 10.8 Å². The van der Waals surface area contributed by atoms with E-state index in [1.54, 1.807) is 4.52 Å². The van der Waals surface area contributed by atoms with Crippen LogP contribution < -0.4 is 5.32 Å². The molecule has 4 aromatic rings. The van der Waals surface area contributed by atoms with Crippen molar-refractivity contribution in [3.05, 3.63) is 59.9 Å². The van der Waals surface area contributed by atoms with Gasteiger partial charge in [0.05, 0.1) is 11.3 Å². The van der Waals surface area contributed by atoms with E-state index in [4.69, 9.17) is 0 Å². The number of hydrogen-bond donors (Lipinski definition) is 1. The van der Waals surface area contributed by atoms with Crippen LogP contribution in [-0.4, -0.2) is 31.2 Å². The Kier molecular flexibility index (Phi) is 4.30. The number of benzene rings is 2. The average Bonchev–Trinajstić information content (AvgIpc) is 3.01. The van der Waals surface area contributed by atoms with Crippen LogP contribution in [-0.2, 0) is 4.79 Å². The minimum Gasteiger partial charge on any atom is -0.325 e. The molecule has 26 heavy (non-hydrogen) atoms. The maximum absolute atomic E-state index is 12.3. The average molecular weight is 363 g/mol. The number of anilines is 1. The third-order valence-electron chi connectivity index (χ3n) is 3.89. The molecule has 0 bridgehead atoms. The molecule has 130 valence electrons. The third kappa shape index (κ3) is 3.25. The van der Waals surface area contributed by atoms with Crippen molar-refractivity contribution in [2.75, 3.05) is 11.1 Å². The van der Waals surface area contributed by atoms with Crippen LogP contribution in [0.5, 0.6) is 0 Å². The van der Waals surface area contributed by atoms with Crippen molar-refractivity contribution in [3.8, 4) is 0 Å². The lowest BCUT2D eigenvalue weighted by Crippen LogP contribution is -2.14. The Morgan fingerprint density at radius 1 is 1.12 bits per heavy atom. The van der Waals surface area contributed by atoms with Crippen molar-refractivity contribution < 1.29 is 4.79 Å². The van der Waals surface area contributed by atoms with E-state index in [0.717, 1.165) is 27.8 Å². The SMILES string of the molecule is Cc1cccc(NC(=O)CSc2nc3ccccc3c3nc(C)nn23)c1. The van der Waals surface area contributed by atoms with Gasteiger partial charge in [0, 0.05) is 11.1 Å². The number of aryl methyl sites for hydroxylation is 2. The number of carbonyl (C=O) groups is 1. The topological polar surface area (TPSA) is 72.2 Å². The summed E-state index contributed by atoms with van der Waals surface area (Å²) < 4.78 is 1.71. The van der Waals surface area contributed by atoms with Gasteiger partial charge in [-0.2, -0.15) is 4.52 Å². The highest BCUT2D eigenvalue weighted by atomic mass is 32.2. The highest BCUT2D eigenvalue weighted by Gasteiger charge is 2.13. The summed E-state index contributed by atoms with van der Waals surface area (Å²) in [6, 6.07) is 15.5. The quantitative estimate of drug-likeness (QED) is 0.443. The molecule has 0 unspecified atom stereocenters. The number of thioether (sulfide) groups is 1.